The number of imidazole rings is 1. The summed E-state index contributed by atoms with van der Waals surface area (Å²) in [5.74, 6) is 0.507. The maximum Gasteiger partial charge on any atom is 0.339 e. The van der Waals surface area contributed by atoms with E-state index in [1.54, 1.807) is 42.7 Å². The van der Waals surface area contributed by atoms with Crippen LogP contribution in [0.2, 0.25) is 0 Å². The minimum Gasteiger partial charge on any atom is -0.508 e. The minimum absolute atomic E-state index is 0.199. The fourth-order valence-corrected chi connectivity index (χ4v) is 2.05. The van der Waals surface area contributed by atoms with Gasteiger partial charge < -0.3 is 9.84 Å². The van der Waals surface area contributed by atoms with Gasteiger partial charge in [0.1, 0.15) is 11.6 Å². The second-order valence-corrected chi connectivity index (χ2v) is 4.33. The lowest BCUT2D eigenvalue weighted by molar-refractivity contribution is 0.0600. The summed E-state index contributed by atoms with van der Waals surface area (Å²) >= 11 is 0. The smallest absolute Gasteiger partial charge is 0.339 e. The van der Waals surface area contributed by atoms with E-state index in [0.29, 0.717) is 11.4 Å². The van der Waals surface area contributed by atoms with Crippen LogP contribution in [0.3, 0.4) is 0 Å². The topological polar surface area (TPSA) is 63.8 Å². The van der Waals surface area contributed by atoms with Crippen LogP contribution in [0, 0.1) is 0 Å². The molecule has 0 saturated heterocycles. The van der Waals surface area contributed by atoms with Crippen molar-refractivity contribution in [2.75, 3.05) is 7.11 Å². The highest BCUT2D eigenvalue weighted by atomic mass is 16.5. The Morgan fingerprint density at radius 3 is 2.65 bits per heavy atom. The largest absolute Gasteiger partial charge is 0.508 e. The van der Waals surface area contributed by atoms with Crippen LogP contribution in [0.1, 0.15) is 10.4 Å². The molecule has 0 aliphatic carbocycles. The van der Waals surface area contributed by atoms with Crippen LogP contribution in [-0.4, -0.2) is 27.6 Å². The van der Waals surface area contributed by atoms with Gasteiger partial charge in [0.25, 0.3) is 0 Å². The minimum atomic E-state index is -0.391. The predicted octanol–water partition coefficient (Wildman–Crippen LogP) is 2.49. The number of fused-ring (bicyclic) bond motifs is 1. The molecule has 0 amide bonds. The van der Waals surface area contributed by atoms with Crippen LogP contribution in [0.5, 0.6) is 5.75 Å². The van der Waals surface area contributed by atoms with Gasteiger partial charge in [0.15, 0.2) is 0 Å². The number of phenols is 1. The molecule has 2 aromatic heterocycles. The molecule has 5 heteroatoms. The maximum absolute atomic E-state index is 11.6. The van der Waals surface area contributed by atoms with E-state index in [4.69, 9.17) is 4.74 Å². The van der Waals surface area contributed by atoms with E-state index in [-0.39, 0.29) is 5.75 Å². The highest BCUT2D eigenvalue weighted by molar-refractivity contribution is 5.89. The van der Waals surface area contributed by atoms with Crippen LogP contribution in [-0.2, 0) is 4.74 Å². The number of pyridine rings is 1. The fourth-order valence-electron chi connectivity index (χ4n) is 2.05. The first-order valence-corrected chi connectivity index (χ1v) is 6.04. The summed E-state index contributed by atoms with van der Waals surface area (Å²) in [6, 6.07) is 10.2. The third-order valence-corrected chi connectivity index (χ3v) is 3.07. The number of carbonyl (C=O) groups is 1. The average molecular weight is 268 g/mol. The van der Waals surface area contributed by atoms with Crippen LogP contribution in [0.15, 0.2) is 48.8 Å². The normalized spacial score (nSPS) is 10.7. The van der Waals surface area contributed by atoms with E-state index < -0.39 is 5.97 Å². The number of carbonyl (C=O) groups excluding carboxylic acids is 1. The lowest BCUT2D eigenvalue weighted by Gasteiger charge is -2.04. The number of hydrogen-bond acceptors (Lipinski definition) is 4. The standard InChI is InChI=1S/C15H12N2O3/c1-20-15(19)11-2-5-12-8-16-14(17(12)9-11)10-3-6-13(18)7-4-10/h2-9,18H,1H3. The summed E-state index contributed by atoms with van der Waals surface area (Å²) in [5.41, 5.74) is 2.18. The molecule has 0 saturated carbocycles. The Morgan fingerprint density at radius 2 is 1.95 bits per heavy atom. The molecule has 0 atom stereocenters. The monoisotopic (exact) mass is 268 g/mol. The van der Waals surface area contributed by atoms with Crippen molar-refractivity contribution in [3.63, 3.8) is 0 Å². The molecule has 3 aromatic rings. The van der Waals surface area contributed by atoms with Crippen molar-refractivity contribution in [2.45, 2.75) is 0 Å². The molecule has 2 heterocycles. The van der Waals surface area contributed by atoms with Gasteiger partial charge in [-0.3, -0.25) is 4.40 Å². The lowest BCUT2D eigenvalue weighted by Crippen LogP contribution is -2.03. The number of aromatic nitrogens is 2. The zero-order chi connectivity index (χ0) is 14.1. The number of esters is 1. The Labute approximate surface area is 115 Å². The van der Waals surface area contributed by atoms with Crippen molar-refractivity contribution in [2.24, 2.45) is 0 Å². The van der Waals surface area contributed by atoms with Crippen molar-refractivity contribution in [3.05, 3.63) is 54.4 Å². The average Bonchev–Trinajstić information content (AvgIpc) is 2.90. The second kappa shape index (κ2) is 4.70. The molecule has 1 aromatic carbocycles. The number of benzene rings is 1. The van der Waals surface area contributed by atoms with Gasteiger partial charge in [0, 0.05) is 11.8 Å². The van der Waals surface area contributed by atoms with Gasteiger partial charge >= 0.3 is 5.97 Å². The molecule has 0 radical (unpaired) electrons. The van der Waals surface area contributed by atoms with E-state index >= 15 is 0 Å². The molecule has 1 N–H and O–H groups in total. The van der Waals surface area contributed by atoms with Gasteiger partial charge in [-0.05, 0) is 36.4 Å². The SMILES string of the molecule is COC(=O)c1ccc2cnc(-c3ccc(O)cc3)n2c1. The number of hydrogen-bond donors (Lipinski definition) is 1. The number of ether oxygens (including phenoxy) is 1. The van der Waals surface area contributed by atoms with Crippen molar-refractivity contribution in [3.8, 4) is 17.1 Å². The van der Waals surface area contributed by atoms with E-state index in [0.717, 1.165) is 11.1 Å². The van der Waals surface area contributed by atoms with Gasteiger partial charge in [0.05, 0.1) is 24.4 Å². The van der Waals surface area contributed by atoms with Gasteiger partial charge in [-0.1, -0.05) is 0 Å². The van der Waals surface area contributed by atoms with Crippen molar-refractivity contribution >= 4 is 11.5 Å². The molecular formula is C15H12N2O3. The van der Waals surface area contributed by atoms with E-state index in [2.05, 4.69) is 4.98 Å². The van der Waals surface area contributed by atoms with Gasteiger partial charge in [0.2, 0.25) is 0 Å². The predicted molar refractivity (Wildman–Crippen MR) is 73.6 cm³/mol. The summed E-state index contributed by atoms with van der Waals surface area (Å²) in [6.07, 6.45) is 3.42. The van der Waals surface area contributed by atoms with Crippen LogP contribution in [0.25, 0.3) is 16.9 Å². The number of methoxy groups -OCH3 is 1. The first-order valence-electron chi connectivity index (χ1n) is 6.04. The second-order valence-electron chi connectivity index (χ2n) is 4.33. The fraction of sp³-hybridized carbons (Fsp3) is 0.0667. The molecule has 100 valence electrons. The zero-order valence-electron chi connectivity index (χ0n) is 10.8. The highest BCUT2D eigenvalue weighted by Gasteiger charge is 2.10. The van der Waals surface area contributed by atoms with E-state index in [9.17, 15) is 9.90 Å². The van der Waals surface area contributed by atoms with E-state index in [1.807, 2.05) is 10.5 Å². The van der Waals surface area contributed by atoms with Crippen LogP contribution < -0.4 is 0 Å². The lowest BCUT2D eigenvalue weighted by atomic mass is 10.2. The Kier molecular flexibility index (Phi) is 2.87. The summed E-state index contributed by atoms with van der Waals surface area (Å²) in [7, 11) is 1.35. The van der Waals surface area contributed by atoms with Crippen LogP contribution in [0.4, 0.5) is 0 Å². The third-order valence-electron chi connectivity index (χ3n) is 3.07. The van der Waals surface area contributed by atoms with Gasteiger partial charge in [-0.2, -0.15) is 0 Å². The number of rotatable bonds is 2. The molecule has 0 fully saturated rings. The zero-order valence-corrected chi connectivity index (χ0v) is 10.8. The highest BCUT2D eigenvalue weighted by Crippen LogP contribution is 2.22. The third kappa shape index (κ3) is 1.99. The summed E-state index contributed by atoms with van der Waals surface area (Å²) in [6.45, 7) is 0. The molecule has 0 aliphatic heterocycles. The summed E-state index contributed by atoms with van der Waals surface area (Å²) < 4.78 is 6.54. The first-order chi connectivity index (χ1) is 9.69. The first kappa shape index (κ1) is 12.2. The van der Waals surface area contributed by atoms with Gasteiger partial charge in [-0.25, -0.2) is 9.78 Å². The molecule has 0 bridgehead atoms. The Morgan fingerprint density at radius 1 is 1.20 bits per heavy atom. The van der Waals surface area contributed by atoms with Gasteiger partial charge in [-0.15, -0.1) is 0 Å². The number of phenolic OH excluding ortho intramolecular Hbond substituents is 1. The van der Waals surface area contributed by atoms with Crippen molar-refractivity contribution in [1.29, 1.82) is 0 Å². The Balaban J connectivity index is 2.16. The molecule has 0 spiro atoms. The van der Waals surface area contributed by atoms with Crippen molar-refractivity contribution < 1.29 is 14.6 Å². The molecule has 3 rings (SSSR count). The summed E-state index contributed by atoms with van der Waals surface area (Å²) in [5, 5.41) is 9.33. The molecule has 0 aliphatic rings. The molecule has 5 nitrogen and oxygen atoms in total. The summed E-state index contributed by atoms with van der Waals surface area (Å²) in [4.78, 5) is 15.9. The van der Waals surface area contributed by atoms with Crippen molar-refractivity contribution in [1.82, 2.24) is 9.38 Å². The Bertz CT molecular complexity index is 775. The molecular weight excluding hydrogens is 256 g/mol. The Hall–Kier alpha value is -2.82. The maximum atomic E-state index is 11.6. The van der Waals surface area contributed by atoms with E-state index in [1.165, 1.54) is 7.11 Å². The molecule has 20 heavy (non-hydrogen) atoms. The molecule has 0 unspecified atom stereocenters. The quantitative estimate of drug-likeness (QED) is 0.725. The number of nitrogens with zero attached hydrogens (tertiary/aromatic N) is 2. The van der Waals surface area contributed by atoms with Crippen LogP contribution >= 0.6 is 0 Å². The number of aromatic hydroxyl groups is 1.